The Balaban J connectivity index is 2.21. The summed E-state index contributed by atoms with van der Waals surface area (Å²) < 4.78 is 0. The molecule has 0 fully saturated rings. The lowest BCUT2D eigenvalue weighted by molar-refractivity contribution is 0.644. The van der Waals surface area contributed by atoms with Gasteiger partial charge in [-0.1, -0.05) is 49.3 Å². The number of hydrogen-bond acceptors (Lipinski definition) is 0. The maximum atomic E-state index is 2.32. The van der Waals surface area contributed by atoms with Crippen LogP contribution in [0.1, 0.15) is 43.2 Å². The molecule has 0 bridgehead atoms. The average Bonchev–Trinajstić information content (AvgIpc) is 2.25. The second-order valence-electron chi connectivity index (χ2n) is 4.05. The third kappa shape index (κ3) is 2.47. The zero-order chi connectivity index (χ0) is 9.64. The fourth-order valence-corrected chi connectivity index (χ4v) is 2.07. The van der Waals surface area contributed by atoms with Gasteiger partial charge in [-0.25, -0.2) is 0 Å². The number of allylic oxidation sites excluding steroid dienone is 1. The molecule has 2 rings (SSSR count). The van der Waals surface area contributed by atoms with Crippen LogP contribution in [0.25, 0.3) is 6.08 Å². The molecule has 0 heterocycles. The smallest absolute Gasteiger partial charge is 0.0228 e. The van der Waals surface area contributed by atoms with Crippen LogP contribution in [-0.2, 0) is 6.42 Å². The van der Waals surface area contributed by atoms with E-state index in [4.69, 9.17) is 0 Å². The van der Waals surface area contributed by atoms with Gasteiger partial charge in [0, 0.05) is 0 Å². The predicted molar refractivity (Wildman–Crippen MR) is 62.3 cm³/mol. The summed E-state index contributed by atoms with van der Waals surface area (Å²) in [6.07, 6.45) is 12.6. The highest BCUT2D eigenvalue weighted by Crippen LogP contribution is 2.17. The highest BCUT2D eigenvalue weighted by atomic mass is 14.1. The Bertz CT molecular complexity index is 310. The summed E-state index contributed by atoms with van der Waals surface area (Å²) in [5.41, 5.74) is 2.94. The highest BCUT2D eigenvalue weighted by Gasteiger charge is 2.00. The fourth-order valence-electron chi connectivity index (χ4n) is 2.07. The lowest BCUT2D eigenvalue weighted by Crippen LogP contribution is -1.91. The number of rotatable bonds is 0. The van der Waals surface area contributed by atoms with E-state index in [1.54, 1.807) is 0 Å². The molecular weight excluding hydrogens is 168 g/mol. The average molecular weight is 186 g/mol. The normalized spacial score (nSPS) is 19.7. The van der Waals surface area contributed by atoms with Gasteiger partial charge in [0.05, 0.1) is 0 Å². The summed E-state index contributed by atoms with van der Waals surface area (Å²) in [5.74, 6) is 0. The van der Waals surface area contributed by atoms with Crippen molar-refractivity contribution in [1.82, 2.24) is 0 Å². The molecule has 0 aromatic heterocycles. The van der Waals surface area contributed by atoms with Gasteiger partial charge in [-0.15, -0.1) is 0 Å². The SMILES string of the molecule is C1=C/c2ccccc2CCCCCC/1. The summed E-state index contributed by atoms with van der Waals surface area (Å²) in [6.45, 7) is 0. The topological polar surface area (TPSA) is 0 Å². The third-order valence-electron chi connectivity index (χ3n) is 2.92. The van der Waals surface area contributed by atoms with Crippen molar-refractivity contribution in [3.05, 3.63) is 41.5 Å². The van der Waals surface area contributed by atoms with Crippen LogP contribution in [0.3, 0.4) is 0 Å². The highest BCUT2D eigenvalue weighted by molar-refractivity contribution is 5.53. The Labute approximate surface area is 86.7 Å². The summed E-state index contributed by atoms with van der Waals surface area (Å²) in [4.78, 5) is 0. The van der Waals surface area contributed by atoms with Crippen LogP contribution < -0.4 is 0 Å². The van der Waals surface area contributed by atoms with E-state index in [2.05, 4.69) is 36.4 Å². The first-order chi connectivity index (χ1) is 6.97. The second kappa shape index (κ2) is 4.99. The van der Waals surface area contributed by atoms with Crippen molar-refractivity contribution in [2.75, 3.05) is 0 Å². The van der Waals surface area contributed by atoms with E-state index in [-0.39, 0.29) is 0 Å². The first kappa shape index (κ1) is 9.51. The molecule has 0 unspecified atom stereocenters. The summed E-state index contributed by atoms with van der Waals surface area (Å²) >= 11 is 0. The van der Waals surface area contributed by atoms with Crippen molar-refractivity contribution in [1.29, 1.82) is 0 Å². The maximum Gasteiger partial charge on any atom is -0.0228 e. The molecule has 1 aliphatic carbocycles. The molecule has 74 valence electrons. The molecule has 1 aromatic rings. The molecule has 0 saturated carbocycles. The molecule has 0 nitrogen and oxygen atoms in total. The van der Waals surface area contributed by atoms with Gasteiger partial charge >= 0.3 is 0 Å². The Morgan fingerprint density at radius 3 is 2.71 bits per heavy atom. The minimum Gasteiger partial charge on any atom is -0.0839 e. The minimum absolute atomic E-state index is 1.24. The minimum atomic E-state index is 1.24. The maximum absolute atomic E-state index is 2.32. The second-order valence-corrected chi connectivity index (χ2v) is 4.05. The molecule has 1 aliphatic rings. The van der Waals surface area contributed by atoms with Crippen LogP contribution in [0.5, 0.6) is 0 Å². The van der Waals surface area contributed by atoms with Gasteiger partial charge in [-0.3, -0.25) is 0 Å². The molecule has 14 heavy (non-hydrogen) atoms. The van der Waals surface area contributed by atoms with Crippen molar-refractivity contribution >= 4 is 6.08 Å². The van der Waals surface area contributed by atoms with Gasteiger partial charge in [0.25, 0.3) is 0 Å². The molecule has 1 aromatic carbocycles. The van der Waals surface area contributed by atoms with Gasteiger partial charge in [0.15, 0.2) is 0 Å². The Hall–Kier alpha value is -1.04. The predicted octanol–water partition coefficient (Wildman–Crippen LogP) is 4.21. The third-order valence-corrected chi connectivity index (χ3v) is 2.92. The first-order valence-corrected chi connectivity index (χ1v) is 5.71. The van der Waals surface area contributed by atoms with E-state index in [1.807, 2.05) is 0 Å². The Morgan fingerprint density at radius 1 is 0.857 bits per heavy atom. The van der Waals surface area contributed by atoms with Crippen LogP contribution in [0.4, 0.5) is 0 Å². The van der Waals surface area contributed by atoms with Crippen LogP contribution >= 0.6 is 0 Å². The molecule has 0 aliphatic heterocycles. The van der Waals surface area contributed by atoms with E-state index in [9.17, 15) is 0 Å². The van der Waals surface area contributed by atoms with E-state index in [1.165, 1.54) is 49.7 Å². The van der Waals surface area contributed by atoms with Crippen molar-refractivity contribution < 1.29 is 0 Å². The number of fused-ring (bicyclic) bond motifs is 1. The lowest BCUT2D eigenvalue weighted by Gasteiger charge is -2.07. The van der Waals surface area contributed by atoms with E-state index >= 15 is 0 Å². The van der Waals surface area contributed by atoms with Crippen LogP contribution in [-0.4, -0.2) is 0 Å². The molecule has 0 N–H and O–H groups in total. The van der Waals surface area contributed by atoms with Crippen LogP contribution in [0, 0.1) is 0 Å². The summed E-state index contributed by atoms with van der Waals surface area (Å²) in [5, 5.41) is 0. The van der Waals surface area contributed by atoms with Gasteiger partial charge < -0.3 is 0 Å². The lowest BCUT2D eigenvalue weighted by atomic mass is 9.98. The van der Waals surface area contributed by atoms with Crippen molar-refractivity contribution in [3.63, 3.8) is 0 Å². The summed E-state index contributed by atoms with van der Waals surface area (Å²) in [6, 6.07) is 8.78. The van der Waals surface area contributed by atoms with E-state index in [0.29, 0.717) is 0 Å². The monoisotopic (exact) mass is 186 g/mol. The van der Waals surface area contributed by atoms with E-state index in [0.717, 1.165) is 0 Å². The van der Waals surface area contributed by atoms with Crippen LogP contribution in [0.2, 0.25) is 0 Å². The standard InChI is InChI=1S/C14H18/c1-2-4-6-10-14-12-8-7-11-13(14)9-5-3-1/h5,7-9,11-12H,1-4,6,10H2/b9-5+. The molecule has 0 radical (unpaired) electrons. The largest absolute Gasteiger partial charge is 0.0839 e. The molecule has 0 heteroatoms. The number of hydrogen-bond donors (Lipinski definition) is 0. The Morgan fingerprint density at radius 2 is 1.71 bits per heavy atom. The zero-order valence-corrected chi connectivity index (χ0v) is 8.71. The zero-order valence-electron chi connectivity index (χ0n) is 8.71. The van der Waals surface area contributed by atoms with Gasteiger partial charge in [0.2, 0.25) is 0 Å². The molecule has 0 amide bonds. The number of aryl methyl sites for hydroxylation is 1. The number of benzene rings is 1. The molecule has 0 atom stereocenters. The van der Waals surface area contributed by atoms with Crippen molar-refractivity contribution in [2.45, 2.75) is 38.5 Å². The molecule has 0 spiro atoms. The van der Waals surface area contributed by atoms with Gasteiger partial charge in [0.1, 0.15) is 0 Å². The Kier molecular flexibility index (Phi) is 3.39. The quantitative estimate of drug-likeness (QED) is 0.569. The summed E-state index contributed by atoms with van der Waals surface area (Å²) in [7, 11) is 0. The van der Waals surface area contributed by atoms with Gasteiger partial charge in [-0.2, -0.15) is 0 Å². The van der Waals surface area contributed by atoms with Crippen molar-refractivity contribution in [2.24, 2.45) is 0 Å². The molecular formula is C14H18. The molecule has 0 saturated heterocycles. The fraction of sp³-hybridized carbons (Fsp3) is 0.429. The van der Waals surface area contributed by atoms with Crippen molar-refractivity contribution in [3.8, 4) is 0 Å². The first-order valence-electron chi connectivity index (χ1n) is 5.71. The van der Waals surface area contributed by atoms with Crippen LogP contribution in [0.15, 0.2) is 30.3 Å². The van der Waals surface area contributed by atoms with Gasteiger partial charge in [-0.05, 0) is 36.8 Å². The van der Waals surface area contributed by atoms with E-state index < -0.39 is 0 Å².